The lowest BCUT2D eigenvalue weighted by molar-refractivity contribution is -0.134. The van der Waals surface area contributed by atoms with Crippen LogP contribution in [0.25, 0.3) is 0 Å². The Kier molecular flexibility index (Phi) is 5.53. The number of nitrogens with zero attached hydrogens (tertiary/aromatic N) is 2. The first-order chi connectivity index (χ1) is 10.4. The number of hydrogen-bond acceptors (Lipinski definition) is 2. The summed E-state index contributed by atoms with van der Waals surface area (Å²) in [5.41, 5.74) is 0.530. The number of piperidine rings is 1. The van der Waals surface area contributed by atoms with Gasteiger partial charge in [0.15, 0.2) is 0 Å². The molecule has 22 heavy (non-hydrogen) atoms. The van der Waals surface area contributed by atoms with Crippen LogP contribution in [-0.2, 0) is 4.79 Å². The summed E-state index contributed by atoms with van der Waals surface area (Å²) in [4.78, 5) is 27.5. The van der Waals surface area contributed by atoms with Crippen molar-refractivity contribution in [3.8, 4) is 0 Å². The molecule has 0 bridgehead atoms. The van der Waals surface area contributed by atoms with Crippen LogP contribution < -0.4 is 5.32 Å². The monoisotopic (exact) mass is 343 g/mol. The fraction of sp³-hybridized carbons (Fsp3) is 0.467. The zero-order valence-electron chi connectivity index (χ0n) is 12.6. The van der Waals surface area contributed by atoms with Gasteiger partial charge in [0.2, 0.25) is 5.91 Å². The van der Waals surface area contributed by atoms with E-state index in [0.29, 0.717) is 41.7 Å². The quantitative estimate of drug-likeness (QED) is 0.895. The predicted molar refractivity (Wildman–Crippen MR) is 88.5 cm³/mol. The number of carbonyl (C=O) groups excluding carboxylic acids is 2. The van der Waals surface area contributed by atoms with E-state index in [-0.39, 0.29) is 17.9 Å². The number of hydrogen-bond donors (Lipinski definition) is 1. The summed E-state index contributed by atoms with van der Waals surface area (Å²) in [7, 11) is 3.51. The summed E-state index contributed by atoms with van der Waals surface area (Å²) < 4.78 is 0. The summed E-state index contributed by atoms with van der Waals surface area (Å²) in [5.74, 6) is 0.124. The molecule has 1 aromatic rings. The average molecular weight is 344 g/mol. The number of urea groups is 1. The smallest absolute Gasteiger partial charge is 0.321 e. The minimum atomic E-state index is -0.208. The minimum absolute atomic E-state index is 0.00169. The van der Waals surface area contributed by atoms with E-state index in [4.69, 9.17) is 23.2 Å². The first-order valence-corrected chi connectivity index (χ1v) is 7.86. The van der Waals surface area contributed by atoms with Gasteiger partial charge in [-0.3, -0.25) is 4.79 Å². The second kappa shape index (κ2) is 7.20. The molecule has 1 heterocycles. The molecule has 0 radical (unpaired) electrons. The normalized spacial score (nSPS) is 15.5. The van der Waals surface area contributed by atoms with Crippen molar-refractivity contribution in [3.05, 3.63) is 28.2 Å². The van der Waals surface area contributed by atoms with Crippen LogP contribution in [0, 0.1) is 5.92 Å². The van der Waals surface area contributed by atoms with E-state index >= 15 is 0 Å². The molecule has 0 aliphatic carbocycles. The standard InChI is InChI=1S/C15H19Cl2N3O2/c1-19(2)14(21)10-5-7-20(8-6-10)15(22)18-13-4-3-11(16)9-12(13)17/h3-4,9-10H,5-8H2,1-2H3,(H,18,22). The van der Waals surface area contributed by atoms with E-state index in [1.807, 2.05) is 0 Å². The summed E-state index contributed by atoms with van der Waals surface area (Å²) in [6, 6.07) is 4.72. The molecule has 1 aliphatic rings. The van der Waals surface area contributed by atoms with Crippen LogP contribution in [0.3, 0.4) is 0 Å². The number of rotatable bonds is 2. The Bertz CT molecular complexity index is 570. The Morgan fingerprint density at radius 2 is 1.86 bits per heavy atom. The first kappa shape index (κ1) is 16.9. The van der Waals surface area contributed by atoms with Gasteiger partial charge in [0.05, 0.1) is 10.7 Å². The van der Waals surface area contributed by atoms with Crippen molar-refractivity contribution in [3.63, 3.8) is 0 Å². The Hall–Kier alpha value is -1.46. The van der Waals surface area contributed by atoms with Crippen LogP contribution >= 0.6 is 23.2 Å². The third kappa shape index (κ3) is 4.05. The van der Waals surface area contributed by atoms with Crippen molar-refractivity contribution in [2.75, 3.05) is 32.5 Å². The van der Waals surface area contributed by atoms with Crippen LogP contribution in [0.5, 0.6) is 0 Å². The number of nitrogens with one attached hydrogen (secondary N) is 1. The van der Waals surface area contributed by atoms with Crippen LogP contribution in [0.1, 0.15) is 12.8 Å². The molecule has 1 aliphatic heterocycles. The van der Waals surface area contributed by atoms with E-state index in [0.717, 1.165) is 0 Å². The minimum Gasteiger partial charge on any atom is -0.349 e. The molecule has 3 amide bonds. The first-order valence-electron chi connectivity index (χ1n) is 7.10. The molecule has 0 aromatic heterocycles. The number of likely N-dealkylation sites (tertiary alicyclic amines) is 1. The van der Waals surface area contributed by atoms with Crippen molar-refractivity contribution < 1.29 is 9.59 Å². The van der Waals surface area contributed by atoms with Gasteiger partial charge in [0.1, 0.15) is 0 Å². The fourth-order valence-corrected chi connectivity index (χ4v) is 2.94. The molecule has 7 heteroatoms. The molecule has 0 atom stereocenters. The molecule has 5 nitrogen and oxygen atoms in total. The van der Waals surface area contributed by atoms with Crippen LogP contribution in [0.15, 0.2) is 18.2 Å². The molecular weight excluding hydrogens is 325 g/mol. The lowest BCUT2D eigenvalue weighted by atomic mass is 9.96. The lowest BCUT2D eigenvalue weighted by Gasteiger charge is -2.32. The second-order valence-electron chi connectivity index (χ2n) is 5.55. The van der Waals surface area contributed by atoms with Gasteiger partial charge in [-0.2, -0.15) is 0 Å². The number of anilines is 1. The molecule has 1 fully saturated rings. The highest BCUT2D eigenvalue weighted by atomic mass is 35.5. The highest BCUT2D eigenvalue weighted by molar-refractivity contribution is 6.36. The van der Waals surface area contributed by atoms with Crippen molar-refractivity contribution in [2.45, 2.75) is 12.8 Å². The molecule has 1 N–H and O–H groups in total. The van der Waals surface area contributed by atoms with E-state index in [1.54, 1.807) is 42.1 Å². The van der Waals surface area contributed by atoms with Gasteiger partial charge in [-0.1, -0.05) is 23.2 Å². The summed E-state index contributed by atoms with van der Waals surface area (Å²) >= 11 is 11.9. The van der Waals surface area contributed by atoms with Crippen molar-refractivity contribution in [1.29, 1.82) is 0 Å². The van der Waals surface area contributed by atoms with Gasteiger partial charge in [-0.05, 0) is 31.0 Å². The highest BCUT2D eigenvalue weighted by Crippen LogP contribution is 2.26. The van der Waals surface area contributed by atoms with E-state index in [9.17, 15) is 9.59 Å². The molecular formula is C15H19Cl2N3O2. The van der Waals surface area contributed by atoms with E-state index in [2.05, 4.69) is 5.32 Å². The van der Waals surface area contributed by atoms with Crippen molar-refractivity contribution >= 4 is 40.8 Å². The Morgan fingerprint density at radius 3 is 2.41 bits per heavy atom. The number of halogens is 2. The van der Waals surface area contributed by atoms with E-state index < -0.39 is 0 Å². The maximum Gasteiger partial charge on any atom is 0.321 e. The summed E-state index contributed by atoms with van der Waals surface area (Å²) in [6.07, 6.45) is 1.36. The highest BCUT2D eigenvalue weighted by Gasteiger charge is 2.28. The fourth-order valence-electron chi connectivity index (χ4n) is 2.48. The summed E-state index contributed by atoms with van der Waals surface area (Å²) in [6.45, 7) is 1.11. The zero-order chi connectivity index (χ0) is 16.3. The zero-order valence-corrected chi connectivity index (χ0v) is 14.1. The van der Waals surface area contributed by atoms with Gasteiger partial charge in [-0.25, -0.2) is 4.79 Å². The Balaban J connectivity index is 1.91. The lowest BCUT2D eigenvalue weighted by Crippen LogP contribution is -2.44. The van der Waals surface area contributed by atoms with Crippen molar-refractivity contribution in [2.24, 2.45) is 5.92 Å². The van der Waals surface area contributed by atoms with Gasteiger partial charge >= 0.3 is 6.03 Å². The Morgan fingerprint density at radius 1 is 1.23 bits per heavy atom. The summed E-state index contributed by atoms with van der Waals surface area (Å²) in [5, 5.41) is 3.70. The molecule has 1 saturated heterocycles. The molecule has 0 unspecified atom stereocenters. The number of carbonyl (C=O) groups is 2. The Labute approximate surface area is 140 Å². The molecule has 0 saturated carbocycles. The number of amides is 3. The van der Waals surface area contributed by atoms with Crippen LogP contribution in [0.2, 0.25) is 10.0 Å². The van der Waals surface area contributed by atoms with Crippen molar-refractivity contribution in [1.82, 2.24) is 9.80 Å². The molecule has 0 spiro atoms. The van der Waals surface area contributed by atoms with Gasteiger partial charge < -0.3 is 15.1 Å². The molecule has 1 aromatic carbocycles. The second-order valence-corrected chi connectivity index (χ2v) is 6.39. The van der Waals surface area contributed by atoms with Gasteiger partial charge in [0, 0.05) is 38.1 Å². The molecule has 2 rings (SSSR count). The van der Waals surface area contributed by atoms with E-state index in [1.165, 1.54) is 0 Å². The average Bonchev–Trinajstić information content (AvgIpc) is 2.49. The third-order valence-corrected chi connectivity index (χ3v) is 4.29. The SMILES string of the molecule is CN(C)C(=O)C1CCN(C(=O)Nc2ccc(Cl)cc2Cl)CC1. The maximum atomic E-state index is 12.2. The maximum absolute atomic E-state index is 12.2. The predicted octanol–water partition coefficient (Wildman–Crippen LogP) is 3.33. The topological polar surface area (TPSA) is 52.7 Å². The van der Waals surface area contributed by atoms with Crippen LogP contribution in [0.4, 0.5) is 10.5 Å². The van der Waals surface area contributed by atoms with Gasteiger partial charge in [-0.15, -0.1) is 0 Å². The number of benzene rings is 1. The van der Waals surface area contributed by atoms with Crippen LogP contribution in [-0.4, -0.2) is 48.9 Å². The van der Waals surface area contributed by atoms with Gasteiger partial charge in [0.25, 0.3) is 0 Å². The molecule has 120 valence electrons. The third-order valence-electron chi connectivity index (χ3n) is 3.74. The largest absolute Gasteiger partial charge is 0.349 e.